The lowest BCUT2D eigenvalue weighted by molar-refractivity contribution is -0.126. The second-order valence-corrected chi connectivity index (χ2v) is 4.90. The van der Waals surface area contributed by atoms with Gasteiger partial charge in [0.1, 0.15) is 0 Å². The highest BCUT2D eigenvalue weighted by Crippen LogP contribution is 2.07. The van der Waals surface area contributed by atoms with Crippen molar-refractivity contribution >= 4 is 5.91 Å². The van der Waals surface area contributed by atoms with E-state index in [-0.39, 0.29) is 18.4 Å². The second kappa shape index (κ2) is 8.70. The normalized spacial score (nSPS) is 12.2. The molecule has 1 rings (SSSR count). The molecule has 1 amide bonds. The van der Waals surface area contributed by atoms with Crippen molar-refractivity contribution in [1.29, 1.82) is 0 Å². The van der Waals surface area contributed by atoms with Crippen LogP contribution in [0, 0.1) is 5.92 Å². The molecule has 2 N–H and O–H groups in total. The minimum atomic E-state index is -0.271. The van der Waals surface area contributed by atoms with Gasteiger partial charge in [0.25, 0.3) is 0 Å². The topological polar surface area (TPSA) is 49.3 Å². The maximum atomic E-state index is 11.7. The zero-order valence-corrected chi connectivity index (χ0v) is 12.0. The van der Waals surface area contributed by atoms with E-state index < -0.39 is 0 Å². The lowest BCUT2D eigenvalue weighted by atomic mass is 10.1. The molecule has 0 aliphatic carbocycles. The van der Waals surface area contributed by atoms with Gasteiger partial charge in [0, 0.05) is 6.54 Å². The predicted octanol–water partition coefficient (Wildman–Crippen LogP) is 2.32. The number of hydrogen-bond donors (Lipinski definition) is 2. The molecule has 0 saturated carbocycles. The molecule has 0 aliphatic rings. The minimum Gasteiger partial charge on any atom is -0.396 e. The van der Waals surface area contributed by atoms with Crippen LogP contribution in [0.4, 0.5) is 0 Å². The Morgan fingerprint density at radius 1 is 1.16 bits per heavy atom. The highest BCUT2D eigenvalue weighted by Gasteiger charge is 2.13. The fourth-order valence-electron chi connectivity index (χ4n) is 2.03. The largest absolute Gasteiger partial charge is 0.396 e. The molecule has 0 aliphatic heterocycles. The molecule has 1 atom stereocenters. The maximum Gasteiger partial charge on any atom is 0.225 e. The number of aliphatic hydroxyl groups is 1. The molecule has 0 fully saturated rings. The van der Waals surface area contributed by atoms with Crippen molar-refractivity contribution < 1.29 is 9.90 Å². The molecular formula is C16H25NO2. The van der Waals surface area contributed by atoms with E-state index in [4.69, 9.17) is 5.11 Å². The maximum absolute atomic E-state index is 11.7. The van der Waals surface area contributed by atoms with Gasteiger partial charge in [-0.3, -0.25) is 4.79 Å². The van der Waals surface area contributed by atoms with E-state index >= 15 is 0 Å². The Hall–Kier alpha value is -1.35. The van der Waals surface area contributed by atoms with E-state index in [2.05, 4.69) is 36.5 Å². The number of aryl methyl sites for hydroxylation is 1. The van der Waals surface area contributed by atoms with Gasteiger partial charge in [-0.2, -0.15) is 0 Å². The van der Waals surface area contributed by atoms with Crippen LogP contribution < -0.4 is 5.32 Å². The van der Waals surface area contributed by atoms with Crippen molar-refractivity contribution in [3.05, 3.63) is 35.4 Å². The van der Waals surface area contributed by atoms with E-state index in [0.717, 1.165) is 19.3 Å². The molecule has 3 nitrogen and oxygen atoms in total. The Morgan fingerprint density at radius 3 is 2.21 bits per heavy atom. The quantitative estimate of drug-likeness (QED) is 0.756. The van der Waals surface area contributed by atoms with Crippen molar-refractivity contribution in [2.24, 2.45) is 5.92 Å². The molecule has 1 aromatic carbocycles. The summed E-state index contributed by atoms with van der Waals surface area (Å²) >= 11 is 0. The van der Waals surface area contributed by atoms with Gasteiger partial charge in [0.2, 0.25) is 5.91 Å². The van der Waals surface area contributed by atoms with Gasteiger partial charge >= 0.3 is 0 Å². The van der Waals surface area contributed by atoms with Crippen LogP contribution in [0.1, 0.15) is 37.8 Å². The van der Waals surface area contributed by atoms with E-state index in [1.54, 1.807) is 0 Å². The summed E-state index contributed by atoms with van der Waals surface area (Å²) in [5, 5.41) is 11.9. The summed E-state index contributed by atoms with van der Waals surface area (Å²) in [6.07, 6.45) is 3.79. The van der Waals surface area contributed by atoms with Crippen LogP contribution in [0.15, 0.2) is 24.3 Å². The number of hydrogen-bond acceptors (Lipinski definition) is 2. The smallest absolute Gasteiger partial charge is 0.225 e. The lowest BCUT2D eigenvalue weighted by Crippen LogP contribution is -2.33. The number of aliphatic hydroxyl groups excluding tert-OH is 1. The molecule has 0 saturated heterocycles. The van der Waals surface area contributed by atoms with Gasteiger partial charge in [-0.25, -0.2) is 0 Å². The van der Waals surface area contributed by atoms with Gasteiger partial charge in [-0.1, -0.05) is 44.5 Å². The molecule has 1 unspecified atom stereocenters. The van der Waals surface area contributed by atoms with Crippen LogP contribution in [0.5, 0.6) is 0 Å². The van der Waals surface area contributed by atoms with Crippen LogP contribution in [-0.4, -0.2) is 24.2 Å². The molecule has 0 bridgehead atoms. The first kappa shape index (κ1) is 15.7. The Labute approximate surface area is 116 Å². The standard InChI is InChI=1S/C16H25NO2/c1-3-5-13-6-8-14(9-7-13)10-11-17-16(19)15(4-2)12-18/h6-9,15,18H,3-5,10-12H2,1-2H3,(H,17,19). The van der Waals surface area contributed by atoms with Gasteiger partial charge < -0.3 is 10.4 Å². The molecule has 0 radical (unpaired) electrons. The summed E-state index contributed by atoms with van der Waals surface area (Å²) in [4.78, 5) is 11.7. The number of rotatable bonds is 8. The number of benzene rings is 1. The zero-order chi connectivity index (χ0) is 14.1. The highest BCUT2D eigenvalue weighted by atomic mass is 16.3. The number of carbonyl (C=O) groups excluding carboxylic acids is 1. The van der Waals surface area contributed by atoms with Crippen LogP contribution in [-0.2, 0) is 17.6 Å². The van der Waals surface area contributed by atoms with Crippen molar-refractivity contribution in [3.8, 4) is 0 Å². The average Bonchev–Trinajstić information content (AvgIpc) is 2.42. The third-order valence-electron chi connectivity index (χ3n) is 3.36. The van der Waals surface area contributed by atoms with Crippen LogP contribution >= 0.6 is 0 Å². The fraction of sp³-hybridized carbons (Fsp3) is 0.562. The third kappa shape index (κ3) is 5.43. The second-order valence-electron chi connectivity index (χ2n) is 4.90. The SMILES string of the molecule is CCCc1ccc(CCNC(=O)C(CC)CO)cc1. The van der Waals surface area contributed by atoms with Crippen molar-refractivity contribution in [2.45, 2.75) is 39.5 Å². The molecule has 1 aromatic rings. The number of carbonyl (C=O) groups is 1. The molecular weight excluding hydrogens is 238 g/mol. The molecule has 0 heterocycles. The summed E-state index contributed by atoms with van der Waals surface area (Å²) in [7, 11) is 0. The Kier molecular flexibility index (Phi) is 7.19. The molecule has 19 heavy (non-hydrogen) atoms. The number of amides is 1. The Morgan fingerprint density at radius 2 is 1.74 bits per heavy atom. The van der Waals surface area contributed by atoms with Crippen LogP contribution in [0.2, 0.25) is 0 Å². The van der Waals surface area contributed by atoms with Crippen molar-refractivity contribution in [1.82, 2.24) is 5.32 Å². The zero-order valence-electron chi connectivity index (χ0n) is 12.0. The van der Waals surface area contributed by atoms with E-state index in [1.165, 1.54) is 11.1 Å². The highest BCUT2D eigenvalue weighted by molar-refractivity contribution is 5.78. The summed E-state index contributed by atoms with van der Waals surface area (Å²) in [6.45, 7) is 4.64. The Balaban J connectivity index is 2.34. The van der Waals surface area contributed by atoms with Crippen molar-refractivity contribution in [2.75, 3.05) is 13.2 Å². The molecule has 3 heteroatoms. The van der Waals surface area contributed by atoms with Crippen LogP contribution in [0.3, 0.4) is 0 Å². The monoisotopic (exact) mass is 263 g/mol. The lowest BCUT2D eigenvalue weighted by Gasteiger charge is -2.12. The van der Waals surface area contributed by atoms with Crippen molar-refractivity contribution in [3.63, 3.8) is 0 Å². The van der Waals surface area contributed by atoms with Gasteiger partial charge in [-0.05, 0) is 30.4 Å². The predicted molar refractivity (Wildman–Crippen MR) is 78.0 cm³/mol. The Bertz CT molecular complexity index is 369. The fourth-order valence-corrected chi connectivity index (χ4v) is 2.03. The summed E-state index contributed by atoms with van der Waals surface area (Å²) in [5.41, 5.74) is 2.60. The summed E-state index contributed by atoms with van der Waals surface area (Å²) < 4.78 is 0. The van der Waals surface area contributed by atoms with Crippen LogP contribution in [0.25, 0.3) is 0 Å². The first-order valence-corrected chi connectivity index (χ1v) is 7.17. The van der Waals surface area contributed by atoms with E-state index in [1.807, 2.05) is 6.92 Å². The molecule has 106 valence electrons. The minimum absolute atomic E-state index is 0.0485. The van der Waals surface area contributed by atoms with E-state index in [0.29, 0.717) is 13.0 Å². The van der Waals surface area contributed by atoms with Gasteiger partial charge in [0.15, 0.2) is 0 Å². The summed E-state index contributed by atoms with van der Waals surface area (Å²) in [5.74, 6) is -0.320. The number of nitrogens with one attached hydrogen (secondary N) is 1. The van der Waals surface area contributed by atoms with Gasteiger partial charge in [-0.15, -0.1) is 0 Å². The molecule has 0 aromatic heterocycles. The molecule has 0 spiro atoms. The first-order valence-electron chi connectivity index (χ1n) is 7.17. The summed E-state index contributed by atoms with van der Waals surface area (Å²) in [6, 6.07) is 8.56. The first-order chi connectivity index (χ1) is 9.21. The average molecular weight is 263 g/mol. The third-order valence-corrected chi connectivity index (χ3v) is 3.36. The van der Waals surface area contributed by atoms with E-state index in [9.17, 15) is 4.79 Å². The van der Waals surface area contributed by atoms with Gasteiger partial charge in [0.05, 0.1) is 12.5 Å².